The van der Waals surface area contributed by atoms with Crippen LogP contribution in [0.4, 0.5) is 11.4 Å². The maximum absolute atomic E-state index is 13.0. The van der Waals surface area contributed by atoms with Crippen LogP contribution in [0.2, 0.25) is 0 Å². The fourth-order valence-corrected chi connectivity index (χ4v) is 4.42. The number of nitrogens with one attached hydrogen (secondary N) is 2. The average molecular weight is 477 g/mol. The van der Waals surface area contributed by atoms with Gasteiger partial charge in [0.25, 0.3) is 5.91 Å². The molecule has 0 aliphatic carbocycles. The number of thioether (sulfide) groups is 1. The predicted molar refractivity (Wildman–Crippen MR) is 130 cm³/mol. The van der Waals surface area contributed by atoms with Crippen LogP contribution >= 0.6 is 11.8 Å². The van der Waals surface area contributed by atoms with Crippen LogP contribution in [-0.4, -0.2) is 31.7 Å². The maximum atomic E-state index is 13.0. The Morgan fingerprint density at radius 3 is 2.59 bits per heavy atom. The molecule has 1 atom stereocenters. The molecule has 0 fully saturated rings. The van der Waals surface area contributed by atoms with E-state index < -0.39 is 6.04 Å². The smallest absolute Gasteiger partial charge is 0.258 e. The number of carbonyl (C=O) groups is 2. The number of carbonyl (C=O) groups excluding carboxylic acids is 2. The number of aryl methyl sites for hydroxylation is 2. The van der Waals surface area contributed by atoms with Crippen molar-refractivity contribution in [2.75, 3.05) is 10.6 Å². The van der Waals surface area contributed by atoms with Crippen LogP contribution in [0, 0.1) is 13.8 Å². The lowest BCUT2D eigenvalue weighted by Gasteiger charge is -2.14. The normalized spacial score (nSPS) is 11.7. The predicted octanol–water partition coefficient (Wildman–Crippen LogP) is 4.63. The van der Waals surface area contributed by atoms with Crippen molar-refractivity contribution in [1.29, 1.82) is 0 Å². The fourth-order valence-electron chi connectivity index (χ4n) is 3.28. The fraction of sp³-hybridized carbons (Fsp3) is 0.208. The molecule has 0 spiro atoms. The largest absolute Gasteiger partial charge is 0.361 e. The summed E-state index contributed by atoms with van der Waals surface area (Å²) in [5.74, 6) is 0.849. The first-order chi connectivity index (χ1) is 16.4. The molecule has 10 heteroatoms. The van der Waals surface area contributed by atoms with E-state index in [-0.39, 0.29) is 11.8 Å². The minimum Gasteiger partial charge on any atom is -0.361 e. The molecule has 3 heterocycles. The van der Waals surface area contributed by atoms with Gasteiger partial charge in [-0.2, -0.15) is 5.10 Å². The van der Waals surface area contributed by atoms with Gasteiger partial charge in [-0.3, -0.25) is 14.3 Å². The molecule has 4 rings (SSSR count). The van der Waals surface area contributed by atoms with Crippen molar-refractivity contribution in [2.45, 2.75) is 37.6 Å². The van der Waals surface area contributed by atoms with Crippen molar-refractivity contribution in [3.8, 4) is 0 Å². The van der Waals surface area contributed by atoms with Crippen LogP contribution in [0.3, 0.4) is 0 Å². The number of hydrogen-bond donors (Lipinski definition) is 2. The monoisotopic (exact) mass is 476 g/mol. The second kappa shape index (κ2) is 10.3. The third kappa shape index (κ3) is 5.34. The third-order valence-electron chi connectivity index (χ3n) is 5.24. The molecular formula is C24H24N6O3S. The zero-order chi connectivity index (χ0) is 24.1. The molecule has 4 aromatic rings. The second-order valence-corrected chi connectivity index (χ2v) is 8.60. The van der Waals surface area contributed by atoms with Gasteiger partial charge in [-0.1, -0.05) is 11.2 Å². The topological polar surface area (TPSA) is 115 Å². The van der Waals surface area contributed by atoms with Crippen molar-refractivity contribution in [3.05, 3.63) is 83.6 Å². The standard InChI is InChI=1S/C24H24N6O3S/c1-15-21(17(3)33-29-15)14-34-24-20(9-5-10-25-24)23(32)28-19-8-4-7-18(13-19)27-22(31)16(2)30-12-6-11-26-30/h4-13,16H,14H2,1-3H3,(H,27,31)(H,28,32). The molecule has 2 amide bonds. The highest BCUT2D eigenvalue weighted by Crippen LogP contribution is 2.28. The molecule has 2 N–H and O–H groups in total. The molecule has 0 bridgehead atoms. The number of hydrogen-bond acceptors (Lipinski definition) is 7. The quantitative estimate of drug-likeness (QED) is 0.356. The van der Waals surface area contributed by atoms with Crippen LogP contribution in [0.15, 0.2) is 70.6 Å². The Bertz CT molecular complexity index is 1280. The average Bonchev–Trinajstić information content (AvgIpc) is 3.48. The number of nitrogens with zero attached hydrogens (tertiary/aromatic N) is 4. The van der Waals surface area contributed by atoms with E-state index in [4.69, 9.17) is 4.52 Å². The minimum absolute atomic E-state index is 0.211. The number of rotatable bonds is 8. The van der Waals surface area contributed by atoms with Gasteiger partial charge >= 0.3 is 0 Å². The van der Waals surface area contributed by atoms with Crippen molar-refractivity contribution in [2.24, 2.45) is 0 Å². The molecule has 0 aliphatic heterocycles. The summed E-state index contributed by atoms with van der Waals surface area (Å²) in [5.41, 5.74) is 3.41. The van der Waals surface area contributed by atoms with Gasteiger partial charge in [-0.05, 0) is 57.2 Å². The molecule has 34 heavy (non-hydrogen) atoms. The summed E-state index contributed by atoms with van der Waals surface area (Å²) in [6.07, 6.45) is 5.01. The van der Waals surface area contributed by atoms with Gasteiger partial charge in [0.05, 0.1) is 11.3 Å². The van der Waals surface area contributed by atoms with E-state index in [9.17, 15) is 9.59 Å². The Morgan fingerprint density at radius 2 is 1.88 bits per heavy atom. The molecule has 1 aromatic carbocycles. The highest BCUT2D eigenvalue weighted by atomic mass is 32.2. The van der Waals surface area contributed by atoms with E-state index in [2.05, 4.69) is 25.9 Å². The highest BCUT2D eigenvalue weighted by Gasteiger charge is 2.17. The van der Waals surface area contributed by atoms with E-state index >= 15 is 0 Å². The molecule has 3 aromatic heterocycles. The molecule has 0 aliphatic rings. The highest BCUT2D eigenvalue weighted by molar-refractivity contribution is 7.98. The molecule has 0 saturated carbocycles. The Hall–Kier alpha value is -3.92. The first-order valence-corrected chi connectivity index (χ1v) is 11.6. The summed E-state index contributed by atoms with van der Waals surface area (Å²) in [6, 6.07) is 11.7. The number of anilines is 2. The number of pyridine rings is 1. The number of amides is 2. The first kappa shape index (κ1) is 23.2. The maximum Gasteiger partial charge on any atom is 0.258 e. The molecule has 174 valence electrons. The summed E-state index contributed by atoms with van der Waals surface area (Å²) in [6.45, 7) is 5.52. The van der Waals surface area contributed by atoms with E-state index in [1.54, 1.807) is 72.7 Å². The van der Waals surface area contributed by atoms with Crippen LogP contribution in [0.25, 0.3) is 0 Å². The van der Waals surface area contributed by atoms with Gasteiger partial charge in [0.15, 0.2) is 0 Å². The molecule has 9 nitrogen and oxygen atoms in total. The van der Waals surface area contributed by atoms with E-state index in [0.717, 1.165) is 17.0 Å². The van der Waals surface area contributed by atoms with Gasteiger partial charge in [0, 0.05) is 41.3 Å². The lowest BCUT2D eigenvalue weighted by Crippen LogP contribution is -2.24. The van der Waals surface area contributed by atoms with Crippen LogP contribution in [0.5, 0.6) is 0 Å². The molecule has 1 unspecified atom stereocenters. The summed E-state index contributed by atoms with van der Waals surface area (Å²) >= 11 is 1.45. The minimum atomic E-state index is -0.471. The Balaban J connectivity index is 1.44. The molecule has 0 saturated heterocycles. The number of benzene rings is 1. The SMILES string of the molecule is Cc1noc(C)c1CSc1ncccc1C(=O)Nc1cccc(NC(=O)C(C)n2cccn2)c1. The van der Waals surface area contributed by atoms with Gasteiger partial charge in [-0.15, -0.1) is 11.8 Å². The Morgan fingerprint density at radius 1 is 1.09 bits per heavy atom. The zero-order valence-electron chi connectivity index (χ0n) is 19.0. The summed E-state index contributed by atoms with van der Waals surface area (Å²) in [7, 11) is 0. The van der Waals surface area contributed by atoms with Crippen molar-refractivity contribution < 1.29 is 14.1 Å². The van der Waals surface area contributed by atoms with Crippen molar-refractivity contribution in [3.63, 3.8) is 0 Å². The van der Waals surface area contributed by atoms with Crippen LogP contribution in [0.1, 0.15) is 40.3 Å². The van der Waals surface area contributed by atoms with E-state index in [0.29, 0.717) is 27.7 Å². The molecular weight excluding hydrogens is 452 g/mol. The van der Waals surface area contributed by atoms with Gasteiger partial charge in [0.2, 0.25) is 5.91 Å². The second-order valence-electron chi connectivity index (χ2n) is 7.63. The van der Waals surface area contributed by atoms with Gasteiger partial charge in [0.1, 0.15) is 16.8 Å². The van der Waals surface area contributed by atoms with Gasteiger partial charge in [-0.25, -0.2) is 4.98 Å². The Labute approximate surface area is 200 Å². The van der Waals surface area contributed by atoms with E-state index in [1.165, 1.54) is 11.8 Å². The number of aromatic nitrogens is 4. The summed E-state index contributed by atoms with van der Waals surface area (Å²) in [4.78, 5) is 30.0. The Kier molecular flexibility index (Phi) is 7.07. The lowest BCUT2D eigenvalue weighted by molar-refractivity contribution is -0.119. The summed E-state index contributed by atoms with van der Waals surface area (Å²) < 4.78 is 6.79. The summed E-state index contributed by atoms with van der Waals surface area (Å²) in [5, 5.41) is 14.4. The lowest BCUT2D eigenvalue weighted by atomic mass is 10.2. The van der Waals surface area contributed by atoms with Crippen LogP contribution < -0.4 is 10.6 Å². The van der Waals surface area contributed by atoms with E-state index in [1.807, 2.05) is 13.8 Å². The van der Waals surface area contributed by atoms with Crippen LogP contribution in [-0.2, 0) is 10.5 Å². The zero-order valence-corrected chi connectivity index (χ0v) is 19.8. The van der Waals surface area contributed by atoms with Crippen molar-refractivity contribution in [1.82, 2.24) is 19.9 Å². The van der Waals surface area contributed by atoms with Crippen molar-refractivity contribution >= 4 is 35.0 Å². The first-order valence-electron chi connectivity index (χ1n) is 10.6. The molecule has 0 radical (unpaired) electrons. The van der Waals surface area contributed by atoms with Gasteiger partial charge < -0.3 is 15.2 Å². The third-order valence-corrected chi connectivity index (χ3v) is 6.27.